The summed E-state index contributed by atoms with van der Waals surface area (Å²) < 4.78 is 3.95. The largest absolute Gasteiger partial charge is 0.507 e. The Hall–Kier alpha value is -5.41. The van der Waals surface area contributed by atoms with Crippen LogP contribution in [0.25, 0.3) is 5.69 Å². The minimum atomic E-state index is -1.48. The number of halogens is 1. The molecule has 3 heterocycles. The number of carbonyl (C=O) groups excluding carboxylic acids is 2. The van der Waals surface area contributed by atoms with Crippen LogP contribution in [0.4, 0.5) is 5.69 Å². The van der Waals surface area contributed by atoms with Crippen molar-refractivity contribution in [3.8, 4) is 11.4 Å². The molecule has 4 aromatic carbocycles. The van der Waals surface area contributed by atoms with Crippen LogP contribution >= 0.6 is 11.6 Å². The number of amides is 2. The number of aromatic nitrogens is 3. The fourth-order valence-corrected chi connectivity index (χ4v) is 8.25. The van der Waals surface area contributed by atoms with Gasteiger partial charge in [-0.2, -0.15) is 0 Å². The molecule has 1 aliphatic carbocycles. The highest BCUT2D eigenvalue weighted by Gasteiger charge is 2.69. The zero-order chi connectivity index (χ0) is 32.6. The van der Waals surface area contributed by atoms with Crippen LogP contribution in [0.2, 0.25) is 5.02 Å². The highest BCUT2D eigenvalue weighted by Crippen LogP contribution is 2.63. The van der Waals surface area contributed by atoms with Gasteiger partial charge >= 0.3 is 11.4 Å². The summed E-state index contributed by atoms with van der Waals surface area (Å²) in [5, 5.41) is 12.0. The van der Waals surface area contributed by atoms with Crippen molar-refractivity contribution in [1.82, 2.24) is 13.9 Å². The monoisotopic (exact) mass is 644 g/mol. The maximum Gasteiger partial charge on any atom is 0.352 e. The van der Waals surface area contributed by atoms with Crippen LogP contribution in [0.15, 0.2) is 124 Å². The maximum absolute atomic E-state index is 15.2. The average Bonchev–Trinajstić information content (AvgIpc) is 3.47. The number of nitrogens with zero attached hydrogens (tertiary/aromatic N) is 4. The number of hydrogen-bond acceptors (Lipinski definition) is 5. The number of phenols is 1. The van der Waals surface area contributed by atoms with Crippen LogP contribution in [-0.2, 0) is 21.5 Å². The van der Waals surface area contributed by atoms with Gasteiger partial charge in [-0.05, 0) is 60.4 Å². The molecule has 2 fully saturated rings. The zero-order valence-electron chi connectivity index (χ0n) is 25.3. The lowest BCUT2D eigenvalue weighted by Gasteiger charge is -2.49. The molecule has 2 amide bonds. The van der Waals surface area contributed by atoms with Crippen LogP contribution in [0.5, 0.6) is 5.75 Å². The number of anilines is 1. The van der Waals surface area contributed by atoms with Gasteiger partial charge < -0.3 is 5.11 Å². The third-order valence-electron chi connectivity index (χ3n) is 10.0. The number of hydrogen-bond donors (Lipinski definition) is 1. The minimum Gasteiger partial charge on any atom is -0.507 e. The number of para-hydroxylation sites is 2. The molecule has 4 atom stereocenters. The smallest absolute Gasteiger partial charge is 0.352 e. The first-order chi connectivity index (χ1) is 22.7. The lowest BCUT2D eigenvalue weighted by atomic mass is 9.53. The van der Waals surface area contributed by atoms with Crippen molar-refractivity contribution in [2.75, 3.05) is 4.90 Å². The Labute approximate surface area is 274 Å². The Morgan fingerprint density at radius 2 is 1.49 bits per heavy atom. The maximum atomic E-state index is 15.2. The molecule has 1 aromatic heterocycles. The standard InChI is InChI=1S/C37H29ClN4O5/c1-22-10-8-17-28(32(22)43)31-27-18-19-39-35(46)41(25-14-6-3-7-15-25)36(47)42(39)30(27)21-29-33(44)40(26-16-9-13-24(38)20-26)34(45)37(29,31)23-11-4-2-5-12-23/h2-18,20,29-31,43H,19,21H2,1H3/t29-,30+,31+,37+/m0/s1. The number of aromatic hydroxyl groups is 1. The zero-order valence-corrected chi connectivity index (χ0v) is 26.0. The first-order valence-electron chi connectivity index (χ1n) is 15.4. The Morgan fingerprint density at radius 1 is 0.809 bits per heavy atom. The third-order valence-corrected chi connectivity index (χ3v) is 10.3. The number of aryl methyl sites for hydroxylation is 1. The lowest BCUT2D eigenvalue weighted by Crippen LogP contribution is -2.53. The second kappa shape index (κ2) is 10.6. The SMILES string of the molecule is Cc1cccc([C@H]2C3=CCn4c(=O)n(-c5ccccc5)c(=O)n4[C@@H]3C[C@H]3C(=O)N(c4cccc(Cl)c4)C(=O)[C@@]23c2ccccc2)c1O. The molecule has 1 saturated carbocycles. The first-order valence-corrected chi connectivity index (χ1v) is 15.8. The van der Waals surface area contributed by atoms with Crippen molar-refractivity contribution in [2.45, 2.75) is 37.3 Å². The summed E-state index contributed by atoms with van der Waals surface area (Å²) in [7, 11) is 0. The quantitative estimate of drug-likeness (QED) is 0.212. The molecule has 1 N–H and O–H groups in total. The van der Waals surface area contributed by atoms with Crippen molar-refractivity contribution in [3.63, 3.8) is 0 Å². The van der Waals surface area contributed by atoms with Crippen LogP contribution in [0.1, 0.15) is 35.1 Å². The molecule has 8 rings (SSSR count). The second-order valence-electron chi connectivity index (χ2n) is 12.3. The molecule has 3 aliphatic rings. The van der Waals surface area contributed by atoms with E-state index < -0.39 is 46.5 Å². The average molecular weight is 645 g/mol. The summed E-state index contributed by atoms with van der Waals surface area (Å²) in [6.45, 7) is 1.85. The third kappa shape index (κ3) is 3.96. The number of phenolic OH excluding ortho intramolecular Hbond substituents is 1. The topological polar surface area (TPSA) is 107 Å². The molecular weight excluding hydrogens is 616 g/mol. The Morgan fingerprint density at radius 3 is 2.21 bits per heavy atom. The van der Waals surface area contributed by atoms with Gasteiger partial charge in [0.15, 0.2) is 0 Å². The van der Waals surface area contributed by atoms with Crippen molar-refractivity contribution < 1.29 is 14.7 Å². The van der Waals surface area contributed by atoms with Gasteiger partial charge in [-0.25, -0.2) is 28.4 Å². The van der Waals surface area contributed by atoms with Gasteiger partial charge in [0.2, 0.25) is 11.8 Å². The van der Waals surface area contributed by atoms with E-state index in [1.54, 1.807) is 73.7 Å². The molecule has 5 aromatic rings. The van der Waals surface area contributed by atoms with Gasteiger partial charge in [0.25, 0.3) is 0 Å². The van der Waals surface area contributed by atoms with Gasteiger partial charge in [0, 0.05) is 16.5 Å². The summed E-state index contributed by atoms with van der Waals surface area (Å²) in [5.41, 5.74) is 0.625. The number of rotatable bonds is 4. The summed E-state index contributed by atoms with van der Waals surface area (Å²) in [6.07, 6.45) is 1.96. The van der Waals surface area contributed by atoms with Crippen LogP contribution < -0.4 is 16.3 Å². The van der Waals surface area contributed by atoms with Gasteiger partial charge in [0.1, 0.15) is 5.75 Å². The number of imide groups is 1. The molecule has 9 nitrogen and oxygen atoms in total. The lowest BCUT2D eigenvalue weighted by molar-refractivity contribution is -0.124. The predicted molar refractivity (Wildman–Crippen MR) is 177 cm³/mol. The van der Waals surface area contributed by atoms with E-state index in [0.717, 1.165) is 4.57 Å². The van der Waals surface area contributed by atoms with E-state index in [1.807, 2.05) is 42.5 Å². The molecule has 234 valence electrons. The Kier molecular flexibility index (Phi) is 6.53. The van der Waals surface area contributed by atoms with E-state index in [9.17, 15) is 19.5 Å². The highest BCUT2D eigenvalue weighted by molar-refractivity contribution is 6.32. The molecule has 0 bridgehead atoms. The molecule has 2 aliphatic heterocycles. The van der Waals surface area contributed by atoms with Gasteiger partial charge in [-0.15, -0.1) is 0 Å². The summed E-state index contributed by atoms with van der Waals surface area (Å²) in [5.74, 6) is -2.69. The second-order valence-corrected chi connectivity index (χ2v) is 12.7. The van der Waals surface area contributed by atoms with Crippen LogP contribution in [-0.4, -0.2) is 30.9 Å². The number of benzene rings is 4. The van der Waals surface area contributed by atoms with Crippen molar-refractivity contribution >= 4 is 29.1 Å². The summed E-state index contributed by atoms with van der Waals surface area (Å²) in [4.78, 5) is 59.1. The van der Waals surface area contributed by atoms with E-state index in [1.165, 1.54) is 14.3 Å². The summed E-state index contributed by atoms with van der Waals surface area (Å²) >= 11 is 6.36. The van der Waals surface area contributed by atoms with Crippen molar-refractivity contribution in [3.05, 3.63) is 157 Å². The number of fused-ring (bicyclic) bond motifs is 4. The highest BCUT2D eigenvalue weighted by atomic mass is 35.5. The first kappa shape index (κ1) is 29.0. The molecule has 47 heavy (non-hydrogen) atoms. The van der Waals surface area contributed by atoms with E-state index in [-0.39, 0.29) is 18.7 Å². The van der Waals surface area contributed by atoms with E-state index in [0.29, 0.717) is 38.7 Å². The fourth-order valence-electron chi connectivity index (χ4n) is 8.06. The van der Waals surface area contributed by atoms with Gasteiger partial charge in [-0.3, -0.25) is 9.59 Å². The summed E-state index contributed by atoms with van der Waals surface area (Å²) in [6, 6.07) is 29.1. The number of allylic oxidation sites excluding steroid dienone is 2. The number of carbonyl (C=O) groups is 2. The van der Waals surface area contributed by atoms with E-state index in [2.05, 4.69) is 0 Å². The molecular formula is C37H29ClN4O5. The molecule has 1 saturated heterocycles. The van der Waals surface area contributed by atoms with Crippen molar-refractivity contribution in [1.29, 1.82) is 0 Å². The fraction of sp³-hybridized carbons (Fsp3) is 0.189. The van der Waals surface area contributed by atoms with Crippen LogP contribution in [0, 0.1) is 12.8 Å². The van der Waals surface area contributed by atoms with E-state index >= 15 is 4.79 Å². The normalized spacial score (nSPS) is 23.2. The predicted octanol–water partition coefficient (Wildman–Crippen LogP) is 5.26. The molecule has 10 heteroatoms. The van der Waals surface area contributed by atoms with E-state index in [4.69, 9.17) is 11.6 Å². The Balaban J connectivity index is 1.43. The van der Waals surface area contributed by atoms with Gasteiger partial charge in [-0.1, -0.05) is 90.5 Å². The van der Waals surface area contributed by atoms with Crippen LogP contribution in [0.3, 0.4) is 0 Å². The minimum absolute atomic E-state index is 0.00623. The molecule has 0 radical (unpaired) electrons. The molecule has 0 spiro atoms. The Bertz CT molecular complexity index is 2250. The molecule has 0 unspecified atom stereocenters. The van der Waals surface area contributed by atoms with Gasteiger partial charge in [0.05, 0.1) is 35.3 Å². The van der Waals surface area contributed by atoms with Crippen molar-refractivity contribution in [2.24, 2.45) is 5.92 Å².